The summed E-state index contributed by atoms with van der Waals surface area (Å²) in [6.45, 7) is 1.85. The summed E-state index contributed by atoms with van der Waals surface area (Å²) in [5, 5.41) is 3.16. The number of hydrogen-bond donors (Lipinski definition) is 1. The molecule has 0 bridgehead atoms. The molecule has 0 spiro atoms. The fourth-order valence-electron chi connectivity index (χ4n) is 1.40. The fourth-order valence-corrected chi connectivity index (χ4v) is 1.51. The molecule has 0 aromatic carbocycles. The monoisotopic (exact) mass is 250 g/mol. The van der Waals surface area contributed by atoms with E-state index in [-0.39, 0.29) is 11.9 Å². The normalized spacial score (nSPS) is 12.1. The maximum absolute atomic E-state index is 11.8. The summed E-state index contributed by atoms with van der Waals surface area (Å²) >= 11 is 5.65. The second-order valence-corrected chi connectivity index (χ2v) is 3.97. The minimum Gasteiger partial charge on any atom is -0.467 e. The summed E-state index contributed by atoms with van der Waals surface area (Å²) in [6.07, 6.45) is 3.01. The van der Waals surface area contributed by atoms with Gasteiger partial charge in [-0.3, -0.25) is 4.79 Å². The minimum atomic E-state index is -0.210. The molecule has 2 aromatic heterocycles. The first kappa shape index (κ1) is 11.7. The van der Waals surface area contributed by atoms with Crippen LogP contribution in [0.25, 0.3) is 0 Å². The fraction of sp³-hybridized carbons (Fsp3) is 0.167. The molecule has 1 N–H and O–H groups in total. The largest absolute Gasteiger partial charge is 0.467 e. The Balaban J connectivity index is 2.04. The second-order valence-electron chi connectivity index (χ2n) is 3.58. The Morgan fingerprint density at radius 1 is 1.47 bits per heavy atom. The average Bonchev–Trinajstić information content (AvgIpc) is 2.83. The highest BCUT2D eigenvalue weighted by atomic mass is 35.5. The van der Waals surface area contributed by atoms with Gasteiger partial charge >= 0.3 is 0 Å². The van der Waals surface area contributed by atoms with Gasteiger partial charge in [-0.1, -0.05) is 11.6 Å². The van der Waals surface area contributed by atoms with E-state index < -0.39 is 0 Å². The molecule has 2 heterocycles. The van der Waals surface area contributed by atoms with Crippen LogP contribution in [0.5, 0.6) is 0 Å². The lowest BCUT2D eigenvalue weighted by Crippen LogP contribution is -2.26. The van der Waals surface area contributed by atoms with Crippen molar-refractivity contribution in [1.82, 2.24) is 10.3 Å². The molecule has 4 nitrogen and oxygen atoms in total. The van der Waals surface area contributed by atoms with Gasteiger partial charge < -0.3 is 9.73 Å². The van der Waals surface area contributed by atoms with Crippen molar-refractivity contribution in [3.05, 3.63) is 53.2 Å². The number of nitrogens with one attached hydrogen (secondary N) is 1. The average molecular weight is 251 g/mol. The van der Waals surface area contributed by atoms with E-state index in [0.29, 0.717) is 16.5 Å². The molecule has 0 aliphatic heterocycles. The van der Waals surface area contributed by atoms with Crippen LogP contribution in [0.1, 0.15) is 29.1 Å². The van der Waals surface area contributed by atoms with Crippen molar-refractivity contribution in [3.8, 4) is 0 Å². The highest BCUT2D eigenvalue weighted by molar-refractivity contribution is 6.29. The van der Waals surface area contributed by atoms with Crippen LogP contribution >= 0.6 is 11.6 Å². The van der Waals surface area contributed by atoms with Gasteiger partial charge in [-0.15, -0.1) is 0 Å². The van der Waals surface area contributed by atoms with Gasteiger partial charge in [0.05, 0.1) is 17.9 Å². The SMILES string of the molecule is CC(NC(=O)c1ccc(Cl)nc1)c1ccco1. The number of hydrogen-bond acceptors (Lipinski definition) is 3. The number of nitrogens with zero attached hydrogens (tertiary/aromatic N) is 1. The van der Waals surface area contributed by atoms with Gasteiger partial charge in [0.1, 0.15) is 10.9 Å². The first-order valence-electron chi connectivity index (χ1n) is 5.12. The van der Waals surface area contributed by atoms with Gasteiger partial charge in [0.15, 0.2) is 0 Å². The van der Waals surface area contributed by atoms with Crippen molar-refractivity contribution in [2.24, 2.45) is 0 Å². The number of rotatable bonds is 3. The van der Waals surface area contributed by atoms with Gasteiger partial charge in [-0.25, -0.2) is 4.98 Å². The molecule has 88 valence electrons. The predicted octanol–water partition coefficient (Wildman–Crippen LogP) is 2.82. The molecular formula is C12H11ClN2O2. The summed E-state index contributed by atoms with van der Waals surface area (Å²) in [4.78, 5) is 15.7. The van der Waals surface area contributed by atoms with Crippen LogP contribution in [0, 0.1) is 0 Å². The molecule has 0 saturated heterocycles. The standard InChI is InChI=1S/C12H11ClN2O2/c1-8(10-3-2-6-17-10)15-12(16)9-4-5-11(13)14-7-9/h2-8H,1H3,(H,15,16). The smallest absolute Gasteiger partial charge is 0.253 e. The van der Waals surface area contributed by atoms with Crippen LogP contribution < -0.4 is 5.32 Å². The third kappa shape index (κ3) is 2.85. The summed E-state index contributed by atoms with van der Waals surface area (Å²) in [5.41, 5.74) is 0.466. The Morgan fingerprint density at radius 2 is 2.29 bits per heavy atom. The minimum absolute atomic E-state index is 0.187. The van der Waals surface area contributed by atoms with Crippen LogP contribution in [-0.4, -0.2) is 10.9 Å². The number of carbonyl (C=O) groups is 1. The van der Waals surface area contributed by atoms with Crippen LogP contribution in [-0.2, 0) is 0 Å². The van der Waals surface area contributed by atoms with E-state index in [1.165, 1.54) is 6.20 Å². The van der Waals surface area contributed by atoms with Crippen molar-refractivity contribution >= 4 is 17.5 Å². The van der Waals surface area contributed by atoms with Crippen LogP contribution in [0.2, 0.25) is 5.15 Å². The molecule has 2 aromatic rings. The van der Waals surface area contributed by atoms with E-state index in [1.807, 2.05) is 13.0 Å². The zero-order valence-electron chi connectivity index (χ0n) is 9.18. The van der Waals surface area contributed by atoms with Crippen molar-refractivity contribution in [2.45, 2.75) is 13.0 Å². The van der Waals surface area contributed by atoms with E-state index in [2.05, 4.69) is 10.3 Å². The Hall–Kier alpha value is -1.81. The van der Waals surface area contributed by atoms with E-state index in [9.17, 15) is 4.79 Å². The van der Waals surface area contributed by atoms with Crippen molar-refractivity contribution in [1.29, 1.82) is 0 Å². The lowest BCUT2D eigenvalue weighted by atomic mass is 10.2. The molecule has 17 heavy (non-hydrogen) atoms. The van der Waals surface area contributed by atoms with Gasteiger partial charge in [0.25, 0.3) is 5.91 Å². The molecule has 5 heteroatoms. The molecule has 0 radical (unpaired) electrons. The summed E-state index contributed by atoms with van der Waals surface area (Å²) < 4.78 is 5.20. The zero-order chi connectivity index (χ0) is 12.3. The van der Waals surface area contributed by atoms with Crippen molar-refractivity contribution in [2.75, 3.05) is 0 Å². The first-order chi connectivity index (χ1) is 8.16. The number of amides is 1. The highest BCUT2D eigenvalue weighted by Crippen LogP contribution is 2.13. The molecule has 0 aliphatic carbocycles. The Kier molecular flexibility index (Phi) is 3.44. The van der Waals surface area contributed by atoms with E-state index in [1.54, 1.807) is 24.5 Å². The van der Waals surface area contributed by atoms with Crippen molar-refractivity contribution < 1.29 is 9.21 Å². The number of halogens is 1. The van der Waals surface area contributed by atoms with Crippen molar-refractivity contribution in [3.63, 3.8) is 0 Å². The second kappa shape index (κ2) is 5.01. The number of aromatic nitrogens is 1. The Labute approximate surface area is 104 Å². The Morgan fingerprint density at radius 3 is 2.88 bits per heavy atom. The predicted molar refractivity (Wildman–Crippen MR) is 63.8 cm³/mol. The maximum atomic E-state index is 11.8. The maximum Gasteiger partial charge on any atom is 0.253 e. The molecule has 2 rings (SSSR count). The van der Waals surface area contributed by atoms with E-state index in [0.717, 1.165) is 0 Å². The molecule has 1 atom stereocenters. The summed E-state index contributed by atoms with van der Waals surface area (Å²) in [5.74, 6) is 0.498. The number of furan rings is 1. The van der Waals surface area contributed by atoms with Gasteiger partial charge in [-0.05, 0) is 31.2 Å². The molecule has 0 fully saturated rings. The molecule has 0 saturated carbocycles. The topological polar surface area (TPSA) is 55.1 Å². The summed E-state index contributed by atoms with van der Waals surface area (Å²) in [7, 11) is 0. The Bertz CT molecular complexity index is 494. The molecular weight excluding hydrogens is 240 g/mol. The van der Waals surface area contributed by atoms with Gasteiger partial charge in [0.2, 0.25) is 0 Å². The van der Waals surface area contributed by atoms with Crippen LogP contribution in [0.15, 0.2) is 41.1 Å². The molecule has 0 aliphatic rings. The van der Waals surface area contributed by atoms with Crippen LogP contribution in [0.4, 0.5) is 0 Å². The zero-order valence-corrected chi connectivity index (χ0v) is 9.94. The lowest BCUT2D eigenvalue weighted by Gasteiger charge is -2.11. The van der Waals surface area contributed by atoms with E-state index >= 15 is 0 Å². The molecule has 1 amide bonds. The first-order valence-corrected chi connectivity index (χ1v) is 5.50. The molecule has 1 unspecified atom stereocenters. The quantitative estimate of drug-likeness (QED) is 0.853. The van der Waals surface area contributed by atoms with Gasteiger partial charge in [-0.2, -0.15) is 0 Å². The van der Waals surface area contributed by atoms with E-state index in [4.69, 9.17) is 16.0 Å². The highest BCUT2D eigenvalue weighted by Gasteiger charge is 2.13. The number of carbonyl (C=O) groups excluding carboxylic acids is 1. The number of pyridine rings is 1. The third-order valence-corrected chi connectivity index (χ3v) is 2.53. The van der Waals surface area contributed by atoms with Crippen LogP contribution in [0.3, 0.4) is 0 Å². The van der Waals surface area contributed by atoms with Gasteiger partial charge in [0, 0.05) is 6.20 Å². The third-order valence-electron chi connectivity index (χ3n) is 2.31. The summed E-state index contributed by atoms with van der Waals surface area (Å²) in [6, 6.07) is 6.61. The lowest BCUT2D eigenvalue weighted by molar-refractivity contribution is 0.0935.